The maximum atomic E-state index is 13.5. The number of nitrogens with one attached hydrogen (secondary N) is 1. The zero-order valence-corrected chi connectivity index (χ0v) is 20.8. The number of Topliss-reactive ketones (excluding diaryl/α,β-unsaturated/α-hetero) is 1. The third-order valence-corrected chi connectivity index (χ3v) is 7.91. The van der Waals surface area contributed by atoms with E-state index in [0.717, 1.165) is 39.1 Å². The van der Waals surface area contributed by atoms with Gasteiger partial charge in [-0.05, 0) is 54.2 Å². The van der Waals surface area contributed by atoms with Crippen LogP contribution in [0.1, 0.15) is 49.0 Å². The van der Waals surface area contributed by atoms with Gasteiger partial charge in [-0.1, -0.05) is 25.1 Å². The van der Waals surface area contributed by atoms with Crippen molar-refractivity contribution >= 4 is 34.9 Å². The Morgan fingerprint density at radius 2 is 2.09 bits per heavy atom. The number of rotatable bonds is 8. The molecule has 1 aromatic heterocycles. The smallest absolute Gasteiger partial charge is 0.336 e. The third-order valence-electron chi connectivity index (χ3n) is 6.11. The molecule has 2 aromatic rings. The number of thiophene rings is 1. The molecule has 7 heteroatoms. The Bertz CT molecular complexity index is 1090. The van der Waals surface area contributed by atoms with Gasteiger partial charge in [-0.3, -0.25) is 4.79 Å². The zero-order valence-electron chi connectivity index (χ0n) is 19.2. The lowest BCUT2D eigenvalue weighted by Crippen LogP contribution is -2.36. The number of allylic oxidation sites excluding steroid dienone is 3. The number of methoxy groups -OCH3 is 1. The summed E-state index contributed by atoms with van der Waals surface area (Å²) in [6.45, 7) is 4.35. The molecule has 2 atom stereocenters. The summed E-state index contributed by atoms with van der Waals surface area (Å²) in [5.74, 6) is 1.95. The maximum Gasteiger partial charge on any atom is 0.336 e. The van der Waals surface area contributed by atoms with Gasteiger partial charge in [0.2, 0.25) is 0 Å². The van der Waals surface area contributed by atoms with Crippen LogP contribution in [0.4, 0.5) is 0 Å². The van der Waals surface area contributed by atoms with Gasteiger partial charge < -0.3 is 14.8 Å². The molecular weight excluding hydrogens is 454 g/mol. The van der Waals surface area contributed by atoms with Crippen molar-refractivity contribution in [3.63, 3.8) is 0 Å². The van der Waals surface area contributed by atoms with Gasteiger partial charge in [0.1, 0.15) is 12.4 Å². The van der Waals surface area contributed by atoms with Gasteiger partial charge >= 0.3 is 5.97 Å². The van der Waals surface area contributed by atoms with Gasteiger partial charge in [0.15, 0.2) is 5.78 Å². The standard InChI is InChI=1S/C26H29NO4S2/c1-4-32-12-10-31-26(29)23-16(2)27-20-14-18(17-7-5-8-19(13-17)30-3)15-21(28)24(20)25(23)22-9-6-11-33-22/h5-9,11,13,18,25,27H,4,10,12,14-15H2,1-3H3/t18-,25+/m0/s1. The minimum absolute atomic E-state index is 0.0650. The quantitative estimate of drug-likeness (QED) is 0.400. The van der Waals surface area contributed by atoms with Crippen molar-refractivity contribution in [1.29, 1.82) is 0 Å². The Kier molecular flexibility index (Phi) is 7.60. The first-order valence-electron chi connectivity index (χ1n) is 11.2. The van der Waals surface area contributed by atoms with Gasteiger partial charge in [0, 0.05) is 34.0 Å². The minimum atomic E-state index is -0.383. The maximum absolute atomic E-state index is 13.5. The lowest BCUT2D eigenvalue weighted by molar-refractivity contribution is -0.138. The SMILES string of the molecule is CCSCCOC(=O)C1=C(C)NC2=C(C(=O)C[C@@H](c3cccc(OC)c3)C2)[C@@H]1c1cccs1. The Morgan fingerprint density at radius 3 is 2.82 bits per heavy atom. The van der Waals surface area contributed by atoms with Gasteiger partial charge in [-0.2, -0.15) is 11.8 Å². The zero-order chi connectivity index (χ0) is 23.4. The second kappa shape index (κ2) is 10.6. The van der Waals surface area contributed by atoms with E-state index in [0.29, 0.717) is 30.6 Å². The van der Waals surface area contributed by atoms with Gasteiger partial charge in [0.05, 0.1) is 18.6 Å². The van der Waals surface area contributed by atoms with Crippen LogP contribution in [0.2, 0.25) is 0 Å². The summed E-state index contributed by atoms with van der Waals surface area (Å²) in [4.78, 5) is 27.7. The van der Waals surface area contributed by atoms with Crippen LogP contribution in [-0.2, 0) is 14.3 Å². The number of hydrogen-bond donors (Lipinski definition) is 1. The number of hydrogen-bond acceptors (Lipinski definition) is 7. The molecular formula is C26H29NO4S2. The molecule has 1 aliphatic carbocycles. The molecule has 2 heterocycles. The van der Waals surface area contributed by atoms with Crippen molar-refractivity contribution in [3.8, 4) is 5.75 Å². The van der Waals surface area contributed by atoms with Crippen LogP contribution < -0.4 is 10.1 Å². The summed E-state index contributed by atoms with van der Waals surface area (Å²) in [6, 6.07) is 11.9. The molecule has 0 unspecified atom stereocenters. The molecule has 1 N–H and O–H groups in total. The van der Waals surface area contributed by atoms with Crippen LogP contribution in [0.3, 0.4) is 0 Å². The Labute approximate surface area is 203 Å². The molecule has 4 rings (SSSR count). The molecule has 174 valence electrons. The van der Waals surface area contributed by atoms with E-state index in [1.165, 1.54) is 0 Å². The number of benzene rings is 1. The van der Waals surface area contributed by atoms with E-state index in [1.54, 1.807) is 30.2 Å². The Hall–Kier alpha value is -2.51. The molecule has 0 radical (unpaired) electrons. The number of carbonyl (C=O) groups excluding carboxylic acids is 2. The molecule has 0 saturated carbocycles. The van der Waals surface area contributed by atoms with Gasteiger partial charge in [0.25, 0.3) is 0 Å². The van der Waals surface area contributed by atoms with E-state index in [2.05, 4.69) is 12.2 Å². The molecule has 5 nitrogen and oxygen atoms in total. The van der Waals surface area contributed by atoms with Crippen molar-refractivity contribution in [2.75, 3.05) is 25.2 Å². The molecule has 0 saturated heterocycles. The molecule has 0 fully saturated rings. The predicted octanol–water partition coefficient (Wildman–Crippen LogP) is 5.41. The first kappa shape index (κ1) is 23.6. The molecule has 1 aromatic carbocycles. The Balaban J connectivity index is 1.66. The van der Waals surface area contributed by atoms with E-state index in [1.807, 2.05) is 48.7 Å². The van der Waals surface area contributed by atoms with Crippen LogP contribution in [0, 0.1) is 0 Å². The number of ketones is 1. The third kappa shape index (κ3) is 5.04. The van der Waals surface area contributed by atoms with Crippen molar-refractivity contribution in [3.05, 3.63) is 74.8 Å². The van der Waals surface area contributed by atoms with Crippen molar-refractivity contribution in [1.82, 2.24) is 5.32 Å². The Morgan fingerprint density at radius 1 is 1.24 bits per heavy atom. The number of carbonyl (C=O) groups is 2. The average Bonchev–Trinajstić information content (AvgIpc) is 3.35. The number of esters is 1. The normalized spacial score (nSPS) is 20.4. The highest BCUT2D eigenvalue weighted by atomic mass is 32.2. The van der Waals surface area contributed by atoms with Crippen LogP contribution in [0.25, 0.3) is 0 Å². The monoisotopic (exact) mass is 483 g/mol. The molecule has 0 bridgehead atoms. The van der Waals surface area contributed by atoms with Gasteiger partial charge in [-0.25, -0.2) is 4.79 Å². The van der Waals surface area contributed by atoms with E-state index in [-0.39, 0.29) is 23.6 Å². The fraction of sp³-hybridized carbons (Fsp3) is 0.385. The fourth-order valence-electron chi connectivity index (χ4n) is 4.60. The highest BCUT2D eigenvalue weighted by molar-refractivity contribution is 7.99. The fourth-order valence-corrected chi connectivity index (χ4v) is 5.93. The summed E-state index contributed by atoms with van der Waals surface area (Å²) < 4.78 is 11.0. The van der Waals surface area contributed by atoms with Crippen LogP contribution in [0.15, 0.2) is 64.3 Å². The first-order valence-corrected chi connectivity index (χ1v) is 13.2. The highest BCUT2D eigenvalue weighted by Crippen LogP contribution is 2.46. The van der Waals surface area contributed by atoms with Crippen LogP contribution >= 0.6 is 23.1 Å². The largest absolute Gasteiger partial charge is 0.497 e. The van der Waals surface area contributed by atoms with Crippen LogP contribution in [-0.4, -0.2) is 37.0 Å². The van der Waals surface area contributed by atoms with Crippen molar-refractivity contribution in [2.24, 2.45) is 0 Å². The second-order valence-corrected chi connectivity index (χ2v) is 10.5. The topological polar surface area (TPSA) is 64.6 Å². The number of ether oxygens (including phenoxy) is 2. The molecule has 0 spiro atoms. The van der Waals surface area contributed by atoms with Crippen LogP contribution in [0.5, 0.6) is 5.75 Å². The van der Waals surface area contributed by atoms with E-state index in [4.69, 9.17) is 9.47 Å². The first-order chi connectivity index (χ1) is 16.0. The summed E-state index contributed by atoms with van der Waals surface area (Å²) in [7, 11) is 1.65. The molecule has 2 aliphatic rings. The van der Waals surface area contributed by atoms with Crippen molar-refractivity contribution < 1.29 is 19.1 Å². The van der Waals surface area contributed by atoms with E-state index in [9.17, 15) is 9.59 Å². The summed E-state index contributed by atoms with van der Waals surface area (Å²) in [5, 5.41) is 5.39. The number of dihydropyridines is 1. The molecule has 0 amide bonds. The molecule has 33 heavy (non-hydrogen) atoms. The van der Waals surface area contributed by atoms with Gasteiger partial charge in [-0.15, -0.1) is 11.3 Å². The lowest BCUT2D eigenvalue weighted by Gasteiger charge is -2.36. The summed E-state index contributed by atoms with van der Waals surface area (Å²) in [6.07, 6.45) is 1.12. The summed E-state index contributed by atoms with van der Waals surface area (Å²) >= 11 is 3.30. The lowest BCUT2D eigenvalue weighted by atomic mass is 9.73. The van der Waals surface area contributed by atoms with Crippen molar-refractivity contribution in [2.45, 2.75) is 38.5 Å². The highest BCUT2D eigenvalue weighted by Gasteiger charge is 2.41. The van der Waals surface area contributed by atoms with E-state index < -0.39 is 0 Å². The average molecular weight is 484 g/mol. The predicted molar refractivity (Wildman–Crippen MR) is 134 cm³/mol. The molecule has 1 aliphatic heterocycles. The summed E-state index contributed by atoms with van der Waals surface area (Å²) in [5.41, 5.74) is 4.01. The second-order valence-electron chi connectivity index (χ2n) is 8.14. The number of thioether (sulfide) groups is 1. The minimum Gasteiger partial charge on any atom is -0.497 e. The van der Waals surface area contributed by atoms with E-state index >= 15 is 0 Å².